The zero-order valence-electron chi connectivity index (χ0n) is 6.39. The summed E-state index contributed by atoms with van der Waals surface area (Å²) in [5.74, 6) is 0. The lowest BCUT2D eigenvalue weighted by atomic mass is 10.2. The fourth-order valence-electron chi connectivity index (χ4n) is 0.761. The van der Waals surface area contributed by atoms with E-state index in [4.69, 9.17) is 5.21 Å². The highest BCUT2D eigenvalue weighted by atomic mass is 79.9. The quantitative estimate of drug-likeness (QED) is 0.774. The fraction of sp³-hybridized carbons (Fsp3) is 0.429. The summed E-state index contributed by atoms with van der Waals surface area (Å²) >= 11 is 5.06. The van der Waals surface area contributed by atoms with E-state index < -0.39 is 0 Å². The summed E-state index contributed by atoms with van der Waals surface area (Å²) in [5, 5.41) is 8.63. The van der Waals surface area contributed by atoms with Crippen LogP contribution >= 0.6 is 27.3 Å². The van der Waals surface area contributed by atoms with E-state index in [1.165, 1.54) is 5.56 Å². The second kappa shape index (κ2) is 3.67. The maximum atomic E-state index is 8.63. The molecule has 0 aliphatic heterocycles. The number of rotatable bonds is 2. The van der Waals surface area contributed by atoms with Crippen molar-refractivity contribution in [2.75, 3.05) is 0 Å². The second-order valence-corrected chi connectivity index (χ2v) is 4.86. The molecule has 1 unspecified atom stereocenters. The maximum absolute atomic E-state index is 8.63. The first-order chi connectivity index (χ1) is 5.15. The van der Waals surface area contributed by atoms with Gasteiger partial charge in [-0.2, -0.15) is 5.48 Å². The van der Waals surface area contributed by atoms with Crippen LogP contribution in [0.15, 0.2) is 9.85 Å². The number of thiophene rings is 1. The number of halogens is 1. The Kier molecular flexibility index (Phi) is 3.06. The van der Waals surface area contributed by atoms with Gasteiger partial charge < -0.3 is 5.21 Å². The minimum Gasteiger partial charge on any atom is -0.316 e. The number of hydroxylamine groups is 1. The Morgan fingerprint density at radius 2 is 2.36 bits per heavy atom. The summed E-state index contributed by atoms with van der Waals surface area (Å²) in [6, 6.07) is 2.08. The van der Waals surface area contributed by atoms with Crippen molar-refractivity contribution in [3.8, 4) is 0 Å². The lowest BCUT2D eigenvalue weighted by molar-refractivity contribution is 0.135. The number of hydrogen-bond donors (Lipinski definition) is 2. The molecule has 1 aromatic heterocycles. The third kappa shape index (κ3) is 2.02. The van der Waals surface area contributed by atoms with Gasteiger partial charge in [-0.1, -0.05) is 0 Å². The van der Waals surface area contributed by atoms with Gasteiger partial charge in [0.2, 0.25) is 0 Å². The van der Waals surface area contributed by atoms with Gasteiger partial charge in [-0.15, -0.1) is 11.3 Å². The van der Waals surface area contributed by atoms with Crippen LogP contribution in [0.2, 0.25) is 0 Å². The second-order valence-electron chi connectivity index (χ2n) is 2.46. The molecule has 0 radical (unpaired) electrons. The monoisotopic (exact) mass is 235 g/mol. The van der Waals surface area contributed by atoms with Crippen LogP contribution in [0.1, 0.15) is 23.4 Å². The van der Waals surface area contributed by atoms with E-state index in [1.807, 2.05) is 13.8 Å². The average molecular weight is 236 g/mol. The SMILES string of the molecule is Cc1cc(C(C)NO)sc1Br. The molecule has 0 fully saturated rings. The van der Waals surface area contributed by atoms with E-state index in [2.05, 4.69) is 27.5 Å². The van der Waals surface area contributed by atoms with Gasteiger partial charge in [0.05, 0.1) is 9.83 Å². The summed E-state index contributed by atoms with van der Waals surface area (Å²) in [7, 11) is 0. The van der Waals surface area contributed by atoms with Crippen LogP contribution in [0.4, 0.5) is 0 Å². The van der Waals surface area contributed by atoms with Crippen LogP contribution in [-0.2, 0) is 0 Å². The van der Waals surface area contributed by atoms with E-state index in [0.29, 0.717) is 0 Å². The van der Waals surface area contributed by atoms with Gasteiger partial charge in [0.15, 0.2) is 0 Å². The molecule has 1 aromatic rings. The molecule has 4 heteroatoms. The molecule has 1 heterocycles. The molecule has 0 spiro atoms. The first-order valence-corrected chi connectivity index (χ1v) is 4.91. The zero-order chi connectivity index (χ0) is 8.43. The summed E-state index contributed by atoms with van der Waals surface area (Å²) < 4.78 is 1.13. The van der Waals surface area contributed by atoms with Crippen LogP contribution in [0, 0.1) is 6.92 Å². The zero-order valence-corrected chi connectivity index (χ0v) is 8.79. The van der Waals surface area contributed by atoms with Crippen molar-refractivity contribution < 1.29 is 5.21 Å². The first-order valence-electron chi connectivity index (χ1n) is 3.30. The van der Waals surface area contributed by atoms with Crippen molar-refractivity contribution in [1.29, 1.82) is 0 Å². The predicted molar refractivity (Wildman–Crippen MR) is 50.1 cm³/mol. The largest absolute Gasteiger partial charge is 0.316 e. The lowest BCUT2D eigenvalue weighted by Crippen LogP contribution is -2.11. The third-order valence-corrected chi connectivity index (χ3v) is 3.82. The fourth-order valence-corrected chi connectivity index (χ4v) is 2.33. The van der Waals surface area contributed by atoms with E-state index in [0.717, 1.165) is 8.66 Å². The summed E-state index contributed by atoms with van der Waals surface area (Å²) in [5.41, 5.74) is 3.43. The number of nitrogens with one attached hydrogen (secondary N) is 1. The molecule has 0 aliphatic rings. The van der Waals surface area contributed by atoms with Crippen molar-refractivity contribution in [2.24, 2.45) is 0 Å². The molecule has 0 aliphatic carbocycles. The molecule has 0 bridgehead atoms. The van der Waals surface area contributed by atoms with Gasteiger partial charge in [0.1, 0.15) is 0 Å². The van der Waals surface area contributed by atoms with Gasteiger partial charge in [0.25, 0.3) is 0 Å². The standard InChI is InChI=1S/C7H10BrNOS/c1-4-3-6(5(2)9-10)11-7(4)8/h3,5,9-10H,1-2H3. The molecule has 11 heavy (non-hydrogen) atoms. The van der Waals surface area contributed by atoms with E-state index >= 15 is 0 Å². The van der Waals surface area contributed by atoms with Crippen LogP contribution in [0.3, 0.4) is 0 Å². The van der Waals surface area contributed by atoms with Crippen LogP contribution in [0.25, 0.3) is 0 Å². The number of aryl methyl sites for hydroxylation is 1. The predicted octanol–water partition coefficient (Wildman–Crippen LogP) is 2.86. The highest BCUT2D eigenvalue weighted by molar-refractivity contribution is 9.11. The molecular weight excluding hydrogens is 226 g/mol. The Bertz CT molecular complexity index is 229. The molecule has 2 N–H and O–H groups in total. The Labute approximate surface area is 78.3 Å². The number of hydrogen-bond acceptors (Lipinski definition) is 3. The molecule has 0 saturated heterocycles. The normalized spacial score (nSPS) is 13.5. The van der Waals surface area contributed by atoms with Gasteiger partial charge in [-0.3, -0.25) is 0 Å². The molecule has 62 valence electrons. The average Bonchev–Trinajstić information content (AvgIpc) is 2.31. The lowest BCUT2D eigenvalue weighted by Gasteiger charge is -2.03. The van der Waals surface area contributed by atoms with E-state index in [-0.39, 0.29) is 6.04 Å². The minimum atomic E-state index is 0.0185. The van der Waals surface area contributed by atoms with E-state index in [1.54, 1.807) is 11.3 Å². The maximum Gasteiger partial charge on any atom is 0.0731 e. The highest BCUT2D eigenvalue weighted by Gasteiger charge is 2.08. The van der Waals surface area contributed by atoms with Crippen LogP contribution in [0.5, 0.6) is 0 Å². The van der Waals surface area contributed by atoms with Crippen molar-refractivity contribution in [3.05, 3.63) is 20.3 Å². The molecule has 0 amide bonds. The summed E-state index contributed by atoms with van der Waals surface area (Å²) in [4.78, 5) is 1.14. The van der Waals surface area contributed by atoms with Gasteiger partial charge in [-0.05, 0) is 41.4 Å². The smallest absolute Gasteiger partial charge is 0.0731 e. The third-order valence-electron chi connectivity index (χ3n) is 1.50. The topological polar surface area (TPSA) is 32.3 Å². The van der Waals surface area contributed by atoms with Crippen molar-refractivity contribution in [2.45, 2.75) is 19.9 Å². The van der Waals surface area contributed by atoms with Gasteiger partial charge >= 0.3 is 0 Å². The molecule has 2 nitrogen and oxygen atoms in total. The highest BCUT2D eigenvalue weighted by Crippen LogP contribution is 2.30. The molecule has 1 atom stereocenters. The molecule has 0 saturated carbocycles. The van der Waals surface area contributed by atoms with Crippen LogP contribution < -0.4 is 5.48 Å². The summed E-state index contributed by atoms with van der Waals surface area (Å²) in [6.45, 7) is 3.95. The van der Waals surface area contributed by atoms with Crippen molar-refractivity contribution in [1.82, 2.24) is 5.48 Å². The Hall–Kier alpha value is 0.100. The Morgan fingerprint density at radius 1 is 1.73 bits per heavy atom. The molecular formula is C7H10BrNOS. The summed E-state index contributed by atoms with van der Waals surface area (Å²) in [6.07, 6.45) is 0. The van der Waals surface area contributed by atoms with Crippen molar-refractivity contribution >= 4 is 27.3 Å². The van der Waals surface area contributed by atoms with Gasteiger partial charge in [0, 0.05) is 4.88 Å². The van der Waals surface area contributed by atoms with Gasteiger partial charge in [-0.25, -0.2) is 0 Å². The minimum absolute atomic E-state index is 0.0185. The molecule has 1 rings (SSSR count). The van der Waals surface area contributed by atoms with E-state index in [9.17, 15) is 0 Å². The Balaban J connectivity index is 2.88. The first kappa shape index (κ1) is 9.19. The molecule has 0 aromatic carbocycles. The van der Waals surface area contributed by atoms with Crippen LogP contribution in [-0.4, -0.2) is 5.21 Å². The Morgan fingerprint density at radius 3 is 2.73 bits per heavy atom. The van der Waals surface area contributed by atoms with Crippen molar-refractivity contribution in [3.63, 3.8) is 0 Å².